The molecule has 1 heterocycles. The van der Waals surface area contributed by atoms with Crippen LogP contribution in [-0.4, -0.2) is 50.7 Å². The number of rotatable bonds is 5. The van der Waals surface area contributed by atoms with E-state index >= 15 is 0 Å². The van der Waals surface area contributed by atoms with Gasteiger partial charge < -0.3 is 4.90 Å². The van der Waals surface area contributed by atoms with Gasteiger partial charge in [-0.25, -0.2) is 8.42 Å². The number of piperazine rings is 1. The summed E-state index contributed by atoms with van der Waals surface area (Å²) in [5.74, 6) is 0. The van der Waals surface area contributed by atoms with Gasteiger partial charge in [-0.15, -0.1) is 0 Å². The molecule has 27 heavy (non-hydrogen) atoms. The van der Waals surface area contributed by atoms with E-state index in [9.17, 15) is 18.5 Å². The van der Waals surface area contributed by atoms with Gasteiger partial charge in [0.15, 0.2) is 9.84 Å². The molecule has 0 radical (unpaired) electrons. The monoisotopic (exact) mass is 409 g/mol. The van der Waals surface area contributed by atoms with E-state index in [0.29, 0.717) is 18.8 Å². The molecule has 0 atom stereocenters. The number of anilines is 1. The third kappa shape index (κ3) is 4.58. The van der Waals surface area contributed by atoms with Gasteiger partial charge in [0, 0.05) is 50.1 Å². The van der Waals surface area contributed by atoms with Crippen LogP contribution < -0.4 is 4.90 Å². The Balaban J connectivity index is 1.74. The Morgan fingerprint density at radius 3 is 2.37 bits per heavy atom. The summed E-state index contributed by atoms with van der Waals surface area (Å²) in [6.07, 6.45) is 1.04. The molecule has 7 nitrogen and oxygen atoms in total. The number of nitrogens with zero attached hydrogens (tertiary/aromatic N) is 3. The van der Waals surface area contributed by atoms with Crippen LogP contribution >= 0.6 is 11.6 Å². The summed E-state index contributed by atoms with van der Waals surface area (Å²) in [7, 11) is -3.50. The van der Waals surface area contributed by atoms with E-state index in [1.165, 1.54) is 12.1 Å². The zero-order valence-electron chi connectivity index (χ0n) is 14.8. The Morgan fingerprint density at radius 2 is 1.78 bits per heavy atom. The fraction of sp³-hybridized carbons (Fsp3) is 0.333. The fourth-order valence-electron chi connectivity index (χ4n) is 3.16. The largest absolute Gasteiger partial charge is 0.363 e. The van der Waals surface area contributed by atoms with E-state index in [1.54, 1.807) is 0 Å². The Labute approximate surface area is 163 Å². The van der Waals surface area contributed by atoms with Gasteiger partial charge >= 0.3 is 0 Å². The van der Waals surface area contributed by atoms with Gasteiger partial charge in [-0.2, -0.15) is 0 Å². The van der Waals surface area contributed by atoms with Crippen molar-refractivity contribution in [1.29, 1.82) is 0 Å². The highest BCUT2D eigenvalue weighted by Gasteiger charge is 2.25. The topological polar surface area (TPSA) is 83.8 Å². The molecule has 1 aliphatic heterocycles. The zero-order valence-corrected chi connectivity index (χ0v) is 16.4. The quantitative estimate of drug-likeness (QED) is 0.557. The SMILES string of the molecule is CS(=O)(=O)c1ccc(N2CCN(Cc3ccccc3Cl)CC2)c([N+](=O)[O-])c1. The van der Waals surface area contributed by atoms with E-state index in [0.717, 1.165) is 42.5 Å². The maximum atomic E-state index is 11.7. The first-order valence-corrected chi connectivity index (χ1v) is 10.7. The maximum absolute atomic E-state index is 11.7. The second kappa shape index (κ2) is 7.84. The van der Waals surface area contributed by atoms with Gasteiger partial charge in [0.2, 0.25) is 0 Å². The third-order valence-electron chi connectivity index (χ3n) is 4.64. The summed E-state index contributed by atoms with van der Waals surface area (Å²) in [4.78, 5) is 15.0. The summed E-state index contributed by atoms with van der Waals surface area (Å²) in [6, 6.07) is 11.8. The molecule has 3 rings (SSSR count). The molecule has 0 aromatic heterocycles. The molecule has 0 amide bonds. The van der Waals surface area contributed by atoms with E-state index in [4.69, 9.17) is 11.6 Å². The van der Waals surface area contributed by atoms with Crippen LogP contribution in [0.2, 0.25) is 5.02 Å². The summed E-state index contributed by atoms with van der Waals surface area (Å²) in [5, 5.41) is 12.2. The predicted molar refractivity (Wildman–Crippen MR) is 105 cm³/mol. The van der Waals surface area contributed by atoms with Crippen molar-refractivity contribution in [2.75, 3.05) is 37.3 Å². The van der Waals surface area contributed by atoms with Crippen LogP contribution in [0.1, 0.15) is 5.56 Å². The lowest BCUT2D eigenvalue weighted by atomic mass is 10.1. The third-order valence-corrected chi connectivity index (χ3v) is 6.12. The Kier molecular flexibility index (Phi) is 5.69. The molecule has 0 spiro atoms. The molecular weight excluding hydrogens is 390 g/mol. The molecular formula is C18H20ClN3O4S. The van der Waals surface area contributed by atoms with Crippen molar-refractivity contribution in [3.8, 4) is 0 Å². The van der Waals surface area contributed by atoms with Gasteiger partial charge in [0.25, 0.3) is 5.69 Å². The van der Waals surface area contributed by atoms with Gasteiger partial charge in [0.1, 0.15) is 5.69 Å². The van der Waals surface area contributed by atoms with Crippen molar-refractivity contribution in [1.82, 2.24) is 4.90 Å². The number of benzene rings is 2. The molecule has 0 aliphatic carbocycles. The first-order chi connectivity index (χ1) is 12.8. The summed E-state index contributed by atoms with van der Waals surface area (Å²) in [5.41, 5.74) is 1.32. The zero-order chi connectivity index (χ0) is 19.6. The second-order valence-corrected chi connectivity index (χ2v) is 8.96. The standard InChI is InChI=1S/C18H20ClN3O4S/c1-27(25,26)15-6-7-17(18(12-15)22(23)24)21-10-8-20(9-11-21)13-14-4-2-3-5-16(14)19/h2-7,12H,8-11,13H2,1H3. The van der Waals surface area contributed by atoms with Crippen molar-refractivity contribution in [2.24, 2.45) is 0 Å². The van der Waals surface area contributed by atoms with Crippen molar-refractivity contribution in [2.45, 2.75) is 11.4 Å². The first-order valence-electron chi connectivity index (χ1n) is 8.45. The average molecular weight is 410 g/mol. The molecule has 0 N–H and O–H groups in total. The number of nitro benzene ring substituents is 1. The summed E-state index contributed by atoms with van der Waals surface area (Å²) in [6.45, 7) is 3.42. The van der Waals surface area contributed by atoms with Gasteiger partial charge in [-0.05, 0) is 23.8 Å². The summed E-state index contributed by atoms with van der Waals surface area (Å²) >= 11 is 6.21. The van der Waals surface area contributed by atoms with Gasteiger partial charge in [0.05, 0.1) is 9.82 Å². The number of nitro groups is 1. The number of halogens is 1. The number of sulfone groups is 1. The molecule has 2 aromatic carbocycles. The van der Waals surface area contributed by atoms with Crippen LogP contribution in [0.25, 0.3) is 0 Å². The van der Waals surface area contributed by atoms with Crippen LogP contribution in [0.3, 0.4) is 0 Å². The highest BCUT2D eigenvalue weighted by atomic mass is 35.5. The van der Waals surface area contributed by atoms with Crippen molar-refractivity contribution in [3.05, 3.63) is 63.2 Å². The smallest absolute Gasteiger partial charge is 0.293 e. The number of hydrogen-bond acceptors (Lipinski definition) is 6. The lowest BCUT2D eigenvalue weighted by molar-refractivity contribution is -0.384. The minimum absolute atomic E-state index is 0.0460. The Morgan fingerprint density at radius 1 is 1.11 bits per heavy atom. The molecule has 1 saturated heterocycles. The predicted octanol–water partition coefficient (Wildman–Crippen LogP) is 2.97. The van der Waals surface area contributed by atoms with Crippen LogP contribution in [-0.2, 0) is 16.4 Å². The molecule has 0 unspecified atom stereocenters. The highest BCUT2D eigenvalue weighted by Crippen LogP contribution is 2.31. The first kappa shape index (κ1) is 19.6. The normalized spacial score (nSPS) is 15.7. The highest BCUT2D eigenvalue weighted by molar-refractivity contribution is 7.90. The lowest BCUT2D eigenvalue weighted by Gasteiger charge is -2.36. The van der Waals surface area contributed by atoms with Crippen LogP contribution in [0, 0.1) is 10.1 Å². The molecule has 2 aromatic rings. The van der Waals surface area contributed by atoms with E-state index < -0.39 is 14.8 Å². The van der Waals surface area contributed by atoms with Crippen molar-refractivity contribution < 1.29 is 13.3 Å². The fourth-order valence-corrected chi connectivity index (χ4v) is 4.00. The van der Waals surface area contributed by atoms with Crippen LogP contribution in [0.15, 0.2) is 47.4 Å². The molecule has 1 aliphatic rings. The van der Waals surface area contributed by atoms with Crippen molar-refractivity contribution in [3.63, 3.8) is 0 Å². The molecule has 9 heteroatoms. The van der Waals surface area contributed by atoms with Crippen LogP contribution in [0.4, 0.5) is 11.4 Å². The Hall–Kier alpha value is -2.16. The van der Waals surface area contributed by atoms with E-state index in [1.807, 2.05) is 29.2 Å². The van der Waals surface area contributed by atoms with Gasteiger partial charge in [-0.1, -0.05) is 29.8 Å². The molecule has 144 valence electrons. The maximum Gasteiger partial charge on any atom is 0.293 e. The Bertz CT molecular complexity index is 957. The van der Waals surface area contributed by atoms with E-state index in [-0.39, 0.29) is 10.6 Å². The minimum atomic E-state index is -3.50. The summed E-state index contributed by atoms with van der Waals surface area (Å²) < 4.78 is 23.4. The van der Waals surface area contributed by atoms with Gasteiger partial charge in [-0.3, -0.25) is 15.0 Å². The van der Waals surface area contributed by atoms with Crippen molar-refractivity contribution >= 4 is 32.8 Å². The minimum Gasteiger partial charge on any atom is -0.363 e. The molecule has 1 fully saturated rings. The molecule has 0 bridgehead atoms. The van der Waals surface area contributed by atoms with E-state index in [2.05, 4.69) is 4.90 Å². The lowest BCUT2D eigenvalue weighted by Crippen LogP contribution is -2.46. The second-order valence-electron chi connectivity index (χ2n) is 6.53. The molecule has 0 saturated carbocycles. The van der Waals surface area contributed by atoms with Crippen LogP contribution in [0.5, 0.6) is 0 Å². The number of hydrogen-bond donors (Lipinski definition) is 0. The average Bonchev–Trinajstić information content (AvgIpc) is 2.63.